The Morgan fingerprint density at radius 2 is 2.25 bits per heavy atom. The van der Waals surface area contributed by atoms with Crippen molar-refractivity contribution in [3.8, 4) is 0 Å². The highest BCUT2D eigenvalue weighted by Crippen LogP contribution is 2.09. The molecular weight excluding hydrogens is 150 g/mol. The van der Waals surface area contributed by atoms with E-state index >= 15 is 0 Å². The Bertz CT molecular complexity index is 167. The summed E-state index contributed by atoms with van der Waals surface area (Å²) in [5.74, 6) is 1.11. The van der Waals surface area contributed by atoms with E-state index in [9.17, 15) is 0 Å². The van der Waals surface area contributed by atoms with Gasteiger partial charge in [0, 0.05) is 5.54 Å². The first kappa shape index (κ1) is 9.59. The largest absolute Gasteiger partial charge is 0.497 e. The van der Waals surface area contributed by atoms with E-state index < -0.39 is 0 Å². The van der Waals surface area contributed by atoms with E-state index in [0.29, 0.717) is 0 Å². The van der Waals surface area contributed by atoms with Crippen molar-refractivity contribution < 1.29 is 4.74 Å². The number of rotatable bonds is 2. The van der Waals surface area contributed by atoms with Crippen molar-refractivity contribution in [3.63, 3.8) is 0 Å². The van der Waals surface area contributed by atoms with Gasteiger partial charge in [0.15, 0.2) is 0 Å². The zero-order valence-corrected chi connectivity index (χ0v) is 8.31. The molecule has 0 radical (unpaired) electrons. The smallest absolute Gasteiger partial charge is 0.106 e. The second-order valence-electron chi connectivity index (χ2n) is 4.26. The van der Waals surface area contributed by atoms with E-state index in [-0.39, 0.29) is 5.54 Å². The predicted octanol–water partition coefficient (Wildman–Crippen LogP) is 2.07. The Labute approximate surface area is 75.0 Å². The molecule has 0 aromatic rings. The maximum Gasteiger partial charge on any atom is 0.106 e. The third kappa shape index (κ3) is 3.77. The molecule has 0 aromatic carbocycles. The average molecular weight is 169 g/mol. The van der Waals surface area contributed by atoms with E-state index in [2.05, 4.69) is 32.2 Å². The summed E-state index contributed by atoms with van der Waals surface area (Å²) < 4.78 is 5.47. The zero-order valence-electron chi connectivity index (χ0n) is 8.31. The molecule has 1 N–H and O–H groups in total. The molecule has 0 saturated carbocycles. The van der Waals surface area contributed by atoms with Crippen molar-refractivity contribution in [2.24, 2.45) is 0 Å². The summed E-state index contributed by atoms with van der Waals surface area (Å²) in [5, 5.41) is 3.40. The lowest BCUT2D eigenvalue weighted by molar-refractivity contribution is 0.181. The average Bonchev–Trinajstić information content (AvgIpc) is 2.02. The van der Waals surface area contributed by atoms with Crippen LogP contribution in [0.15, 0.2) is 11.8 Å². The lowest BCUT2D eigenvalue weighted by Crippen LogP contribution is -2.37. The van der Waals surface area contributed by atoms with Crippen molar-refractivity contribution in [2.75, 3.05) is 13.2 Å². The fourth-order valence-corrected chi connectivity index (χ4v) is 1.08. The number of ether oxygens (including phenoxy) is 1. The minimum absolute atomic E-state index is 0.182. The summed E-state index contributed by atoms with van der Waals surface area (Å²) in [6.45, 7) is 8.24. The van der Waals surface area contributed by atoms with Crippen molar-refractivity contribution in [1.82, 2.24) is 5.32 Å². The molecule has 2 nitrogen and oxygen atoms in total. The molecule has 0 aromatic heterocycles. The molecule has 0 fully saturated rings. The van der Waals surface area contributed by atoms with Crippen LogP contribution in [-0.4, -0.2) is 18.7 Å². The van der Waals surface area contributed by atoms with Gasteiger partial charge in [-0.2, -0.15) is 0 Å². The predicted molar refractivity (Wildman–Crippen MR) is 51.0 cm³/mol. The molecule has 0 unspecified atom stereocenters. The van der Waals surface area contributed by atoms with E-state index in [4.69, 9.17) is 4.74 Å². The molecule has 0 bridgehead atoms. The van der Waals surface area contributed by atoms with Gasteiger partial charge in [-0.3, -0.25) is 0 Å². The third-order valence-electron chi connectivity index (χ3n) is 1.80. The Morgan fingerprint density at radius 3 is 2.75 bits per heavy atom. The first-order valence-corrected chi connectivity index (χ1v) is 4.65. The van der Waals surface area contributed by atoms with Crippen LogP contribution in [0.1, 0.15) is 33.6 Å². The van der Waals surface area contributed by atoms with Crippen LogP contribution in [0.5, 0.6) is 0 Å². The molecule has 1 aliphatic rings. The number of hydrogen-bond donors (Lipinski definition) is 1. The highest BCUT2D eigenvalue weighted by atomic mass is 16.5. The number of nitrogens with one attached hydrogen (secondary N) is 1. The number of hydrogen-bond acceptors (Lipinski definition) is 2. The molecule has 0 amide bonds. The van der Waals surface area contributed by atoms with Crippen LogP contribution in [0.25, 0.3) is 0 Å². The van der Waals surface area contributed by atoms with Gasteiger partial charge >= 0.3 is 0 Å². The molecular formula is C10H19NO. The Hall–Kier alpha value is -0.500. The summed E-state index contributed by atoms with van der Waals surface area (Å²) in [5.41, 5.74) is 0.182. The van der Waals surface area contributed by atoms with Gasteiger partial charge in [0.1, 0.15) is 5.76 Å². The van der Waals surface area contributed by atoms with Gasteiger partial charge in [0.2, 0.25) is 0 Å². The summed E-state index contributed by atoms with van der Waals surface area (Å²) in [7, 11) is 0. The van der Waals surface area contributed by atoms with Gasteiger partial charge in [0.25, 0.3) is 0 Å². The molecule has 2 heteroatoms. The maximum atomic E-state index is 5.47. The first-order chi connectivity index (χ1) is 5.58. The molecule has 0 spiro atoms. The van der Waals surface area contributed by atoms with Gasteiger partial charge in [-0.25, -0.2) is 0 Å². The zero-order chi connectivity index (χ0) is 9.03. The van der Waals surface area contributed by atoms with Crippen LogP contribution in [0.3, 0.4) is 0 Å². The maximum absolute atomic E-state index is 5.47. The van der Waals surface area contributed by atoms with Gasteiger partial charge in [-0.05, 0) is 39.7 Å². The third-order valence-corrected chi connectivity index (χ3v) is 1.80. The molecule has 1 aliphatic heterocycles. The van der Waals surface area contributed by atoms with Crippen LogP contribution >= 0.6 is 0 Å². The van der Waals surface area contributed by atoms with Gasteiger partial charge in [-0.1, -0.05) is 0 Å². The van der Waals surface area contributed by atoms with E-state index in [1.54, 1.807) is 0 Å². The minimum Gasteiger partial charge on any atom is -0.497 e. The van der Waals surface area contributed by atoms with Crippen LogP contribution in [0.4, 0.5) is 0 Å². The first-order valence-electron chi connectivity index (χ1n) is 4.65. The fourth-order valence-electron chi connectivity index (χ4n) is 1.08. The van der Waals surface area contributed by atoms with Gasteiger partial charge in [0.05, 0.1) is 13.2 Å². The van der Waals surface area contributed by atoms with Crippen molar-refractivity contribution in [3.05, 3.63) is 11.8 Å². The van der Waals surface area contributed by atoms with Crippen molar-refractivity contribution >= 4 is 0 Å². The molecule has 1 heterocycles. The summed E-state index contributed by atoms with van der Waals surface area (Å²) in [4.78, 5) is 0. The molecule has 0 atom stereocenters. The lowest BCUT2D eigenvalue weighted by Gasteiger charge is -2.23. The highest BCUT2D eigenvalue weighted by molar-refractivity contribution is 4.99. The second-order valence-corrected chi connectivity index (χ2v) is 4.26. The molecule has 0 aliphatic carbocycles. The Kier molecular flexibility index (Phi) is 3.15. The van der Waals surface area contributed by atoms with Crippen molar-refractivity contribution in [2.45, 2.75) is 39.2 Å². The van der Waals surface area contributed by atoms with E-state index in [1.807, 2.05) is 0 Å². The standard InChI is InChI=1S/C10H19NO/c1-10(2,3)11-8-9-6-4-5-7-12-9/h6,11H,4-5,7-8H2,1-3H3. The number of allylic oxidation sites excluding steroid dienone is 1. The van der Waals surface area contributed by atoms with Gasteiger partial charge < -0.3 is 10.1 Å². The van der Waals surface area contributed by atoms with Crippen molar-refractivity contribution in [1.29, 1.82) is 0 Å². The van der Waals surface area contributed by atoms with Crippen LogP contribution in [0.2, 0.25) is 0 Å². The molecule has 1 rings (SSSR count). The summed E-state index contributed by atoms with van der Waals surface area (Å²) in [6.07, 6.45) is 4.52. The minimum atomic E-state index is 0.182. The monoisotopic (exact) mass is 169 g/mol. The molecule has 70 valence electrons. The highest BCUT2D eigenvalue weighted by Gasteiger charge is 2.11. The van der Waals surface area contributed by atoms with E-state index in [0.717, 1.165) is 18.9 Å². The van der Waals surface area contributed by atoms with Gasteiger partial charge in [-0.15, -0.1) is 0 Å². The normalized spacial score (nSPS) is 18.4. The molecule has 12 heavy (non-hydrogen) atoms. The molecule has 0 saturated heterocycles. The topological polar surface area (TPSA) is 21.3 Å². The Morgan fingerprint density at radius 1 is 1.50 bits per heavy atom. The lowest BCUT2D eigenvalue weighted by atomic mass is 10.1. The van der Waals surface area contributed by atoms with Crippen LogP contribution in [0, 0.1) is 0 Å². The second kappa shape index (κ2) is 3.94. The van der Waals surface area contributed by atoms with Crippen LogP contribution in [-0.2, 0) is 4.74 Å². The van der Waals surface area contributed by atoms with E-state index in [1.165, 1.54) is 12.8 Å². The summed E-state index contributed by atoms with van der Waals surface area (Å²) in [6, 6.07) is 0. The summed E-state index contributed by atoms with van der Waals surface area (Å²) >= 11 is 0. The van der Waals surface area contributed by atoms with Crippen LogP contribution < -0.4 is 5.32 Å². The fraction of sp³-hybridized carbons (Fsp3) is 0.800. The quantitative estimate of drug-likeness (QED) is 0.683. The SMILES string of the molecule is CC(C)(C)NCC1=CCCCO1. The Balaban J connectivity index is 2.26.